The van der Waals surface area contributed by atoms with Crippen molar-refractivity contribution in [1.82, 2.24) is 0 Å². The van der Waals surface area contributed by atoms with E-state index in [2.05, 4.69) is 20.7 Å². The van der Waals surface area contributed by atoms with Crippen LogP contribution in [0.1, 0.15) is 0 Å². The molecular formula is C9H9BrF3NO. The highest BCUT2D eigenvalue weighted by Crippen LogP contribution is 2.38. The van der Waals surface area contributed by atoms with Crippen molar-refractivity contribution in [2.75, 3.05) is 19.0 Å². The second-order valence-corrected chi connectivity index (χ2v) is 3.88. The fraction of sp³-hybridized carbons (Fsp3) is 0.333. The molecular weight excluding hydrogens is 275 g/mol. The van der Waals surface area contributed by atoms with Gasteiger partial charge in [0, 0.05) is 14.1 Å². The Morgan fingerprint density at radius 1 is 1.27 bits per heavy atom. The summed E-state index contributed by atoms with van der Waals surface area (Å²) in [6.07, 6.45) is -4.69. The summed E-state index contributed by atoms with van der Waals surface area (Å²) in [5.41, 5.74) is 0.363. The van der Waals surface area contributed by atoms with Crippen LogP contribution in [0.3, 0.4) is 0 Å². The molecule has 1 rings (SSSR count). The molecule has 0 saturated heterocycles. The first-order valence-electron chi connectivity index (χ1n) is 4.03. The number of alkyl halides is 3. The Hall–Kier alpha value is -0.910. The van der Waals surface area contributed by atoms with Crippen LogP contribution in [-0.4, -0.2) is 20.5 Å². The number of hydrogen-bond donors (Lipinski definition) is 0. The van der Waals surface area contributed by atoms with Crippen LogP contribution in [-0.2, 0) is 0 Å². The summed E-state index contributed by atoms with van der Waals surface area (Å²) in [5, 5.41) is 0. The van der Waals surface area contributed by atoms with Gasteiger partial charge in [0.2, 0.25) is 0 Å². The molecule has 1 aromatic rings. The zero-order valence-corrected chi connectivity index (χ0v) is 9.69. The summed E-state index contributed by atoms with van der Waals surface area (Å²) >= 11 is 3.02. The standard InChI is InChI=1S/C9H9BrF3NO/c1-14(2)7-5-3-4-6(10)8(7)15-9(11,12)13/h3-5H,1-2H3. The van der Waals surface area contributed by atoms with Gasteiger partial charge in [-0.1, -0.05) is 6.07 Å². The van der Waals surface area contributed by atoms with E-state index in [1.165, 1.54) is 6.07 Å². The van der Waals surface area contributed by atoms with Gasteiger partial charge in [-0.05, 0) is 28.1 Å². The molecule has 0 amide bonds. The summed E-state index contributed by atoms with van der Waals surface area (Å²) in [5.74, 6) is -0.227. The molecule has 6 heteroatoms. The third kappa shape index (κ3) is 3.30. The van der Waals surface area contributed by atoms with Crippen molar-refractivity contribution in [3.8, 4) is 5.75 Å². The van der Waals surface area contributed by atoms with Crippen LogP contribution in [0.2, 0.25) is 0 Å². The van der Waals surface area contributed by atoms with Gasteiger partial charge in [-0.3, -0.25) is 0 Å². The lowest BCUT2D eigenvalue weighted by atomic mass is 10.3. The number of benzene rings is 1. The molecule has 0 saturated carbocycles. The number of halogens is 4. The van der Waals surface area contributed by atoms with Crippen molar-refractivity contribution in [1.29, 1.82) is 0 Å². The van der Waals surface area contributed by atoms with E-state index < -0.39 is 6.36 Å². The minimum Gasteiger partial charge on any atom is -0.402 e. The Kier molecular flexibility index (Phi) is 3.49. The zero-order chi connectivity index (χ0) is 11.6. The predicted molar refractivity (Wildman–Crippen MR) is 55.2 cm³/mol. The second-order valence-electron chi connectivity index (χ2n) is 3.03. The van der Waals surface area contributed by atoms with Crippen molar-refractivity contribution in [3.63, 3.8) is 0 Å². The first kappa shape index (κ1) is 12.2. The van der Waals surface area contributed by atoms with Crippen LogP contribution in [0, 0.1) is 0 Å². The Morgan fingerprint density at radius 2 is 1.87 bits per heavy atom. The summed E-state index contributed by atoms with van der Waals surface area (Å²) in [6, 6.07) is 4.68. The van der Waals surface area contributed by atoms with E-state index in [0.717, 1.165) is 0 Å². The number of hydrogen-bond acceptors (Lipinski definition) is 2. The van der Waals surface area contributed by atoms with Gasteiger partial charge in [-0.25, -0.2) is 0 Å². The van der Waals surface area contributed by atoms with Crippen molar-refractivity contribution < 1.29 is 17.9 Å². The van der Waals surface area contributed by atoms with E-state index in [4.69, 9.17) is 0 Å². The molecule has 0 heterocycles. The van der Waals surface area contributed by atoms with Crippen molar-refractivity contribution >= 4 is 21.6 Å². The van der Waals surface area contributed by atoms with Gasteiger partial charge in [-0.2, -0.15) is 0 Å². The molecule has 15 heavy (non-hydrogen) atoms. The normalized spacial score (nSPS) is 11.3. The molecule has 0 aliphatic carbocycles. The number of anilines is 1. The molecule has 0 atom stereocenters. The molecule has 0 radical (unpaired) electrons. The van der Waals surface area contributed by atoms with Crippen LogP contribution >= 0.6 is 15.9 Å². The van der Waals surface area contributed by atoms with Crippen LogP contribution in [0.4, 0.5) is 18.9 Å². The van der Waals surface area contributed by atoms with Gasteiger partial charge >= 0.3 is 6.36 Å². The second kappa shape index (κ2) is 4.30. The van der Waals surface area contributed by atoms with Crippen molar-refractivity contribution in [2.45, 2.75) is 6.36 Å². The summed E-state index contributed by atoms with van der Waals surface area (Å²) in [7, 11) is 3.29. The molecule has 0 aliphatic rings. The average molecular weight is 284 g/mol. The summed E-state index contributed by atoms with van der Waals surface area (Å²) in [6.45, 7) is 0. The van der Waals surface area contributed by atoms with E-state index in [-0.39, 0.29) is 10.2 Å². The average Bonchev–Trinajstić information content (AvgIpc) is 2.05. The van der Waals surface area contributed by atoms with Gasteiger partial charge in [0.15, 0.2) is 5.75 Å². The van der Waals surface area contributed by atoms with Crippen molar-refractivity contribution in [2.24, 2.45) is 0 Å². The van der Waals surface area contributed by atoms with Crippen molar-refractivity contribution in [3.05, 3.63) is 22.7 Å². The fourth-order valence-electron chi connectivity index (χ4n) is 1.07. The number of nitrogens with zero attached hydrogens (tertiary/aromatic N) is 1. The topological polar surface area (TPSA) is 12.5 Å². The largest absolute Gasteiger partial charge is 0.573 e. The highest BCUT2D eigenvalue weighted by atomic mass is 79.9. The van der Waals surface area contributed by atoms with E-state index in [9.17, 15) is 13.2 Å². The minimum atomic E-state index is -4.69. The van der Waals surface area contributed by atoms with E-state index in [1.807, 2.05) is 0 Å². The molecule has 0 aromatic heterocycles. The molecule has 0 bridgehead atoms. The fourth-order valence-corrected chi connectivity index (χ4v) is 1.50. The SMILES string of the molecule is CN(C)c1cccc(Br)c1OC(F)(F)F. The molecule has 0 spiro atoms. The molecule has 2 nitrogen and oxygen atoms in total. The summed E-state index contributed by atoms with van der Waals surface area (Å²) in [4.78, 5) is 1.55. The minimum absolute atomic E-state index is 0.227. The van der Waals surface area contributed by atoms with E-state index >= 15 is 0 Å². The highest BCUT2D eigenvalue weighted by Gasteiger charge is 2.33. The molecule has 1 aromatic carbocycles. The molecule has 0 N–H and O–H groups in total. The molecule has 0 aliphatic heterocycles. The lowest BCUT2D eigenvalue weighted by Crippen LogP contribution is -2.20. The lowest BCUT2D eigenvalue weighted by Gasteiger charge is -2.19. The van der Waals surface area contributed by atoms with E-state index in [0.29, 0.717) is 5.69 Å². The predicted octanol–water partition coefficient (Wildman–Crippen LogP) is 3.41. The Bertz CT molecular complexity index is 352. The Morgan fingerprint density at radius 3 is 2.33 bits per heavy atom. The highest BCUT2D eigenvalue weighted by molar-refractivity contribution is 9.10. The van der Waals surface area contributed by atoms with Gasteiger partial charge in [0.1, 0.15) is 0 Å². The van der Waals surface area contributed by atoms with Crippen LogP contribution in [0.15, 0.2) is 22.7 Å². The van der Waals surface area contributed by atoms with Crippen LogP contribution < -0.4 is 9.64 Å². The molecule has 0 unspecified atom stereocenters. The third-order valence-corrected chi connectivity index (χ3v) is 2.27. The lowest BCUT2D eigenvalue weighted by molar-refractivity contribution is -0.274. The van der Waals surface area contributed by atoms with Gasteiger partial charge < -0.3 is 9.64 Å². The zero-order valence-electron chi connectivity index (χ0n) is 8.10. The van der Waals surface area contributed by atoms with Gasteiger partial charge in [0.05, 0.1) is 10.2 Å². The number of rotatable bonds is 2. The Balaban J connectivity index is 3.14. The van der Waals surface area contributed by atoms with Crippen LogP contribution in [0.25, 0.3) is 0 Å². The van der Waals surface area contributed by atoms with E-state index in [1.54, 1.807) is 31.1 Å². The maximum Gasteiger partial charge on any atom is 0.573 e. The number of ether oxygens (including phenoxy) is 1. The maximum absolute atomic E-state index is 12.1. The Labute approximate surface area is 93.8 Å². The monoisotopic (exact) mass is 283 g/mol. The maximum atomic E-state index is 12.1. The van der Waals surface area contributed by atoms with Gasteiger partial charge in [0.25, 0.3) is 0 Å². The number of para-hydroxylation sites is 1. The molecule has 84 valence electrons. The van der Waals surface area contributed by atoms with Gasteiger partial charge in [-0.15, -0.1) is 13.2 Å². The smallest absolute Gasteiger partial charge is 0.402 e. The molecule has 0 fully saturated rings. The first-order valence-corrected chi connectivity index (χ1v) is 4.82. The third-order valence-electron chi connectivity index (χ3n) is 1.65. The quantitative estimate of drug-likeness (QED) is 0.825. The first-order chi connectivity index (χ1) is 6.81. The van der Waals surface area contributed by atoms with Crippen LogP contribution in [0.5, 0.6) is 5.75 Å². The summed E-state index contributed by atoms with van der Waals surface area (Å²) < 4.78 is 40.5.